The molecule has 1 N–H and O–H groups in total. The second-order valence-corrected chi connectivity index (χ2v) is 5.52. The van der Waals surface area contributed by atoms with Crippen molar-refractivity contribution in [2.75, 3.05) is 26.9 Å². The zero-order valence-corrected chi connectivity index (χ0v) is 13.2. The Morgan fingerprint density at radius 3 is 3.00 bits per heavy atom. The van der Waals surface area contributed by atoms with Crippen molar-refractivity contribution in [3.8, 4) is 5.75 Å². The number of pyridine rings is 1. The van der Waals surface area contributed by atoms with Gasteiger partial charge in [0.25, 0.3) is 0 Å². The SMILES string of the molecule is COC(=O)CC1(NC(=O)CCCOc2cccnc2)CCOC1. The summed E-state index contributed by atoms with van der Waals surface area (Å²) < 4.78 is 15.5. The van der Waals surface area contributed by atoms with E-state index in [1.165, 1.54) is 7.11 Å². The molecule has 1 unspecified atom stereocenters. The van der Waals surface area contributed by atoms with Crippen molar-refractivity contribution in [2.45, 2.75) is 31.2 Å². The number of hydrogen-bond acceptors (Lipinski definition) is 6. The molecule has 1 aromatic rings. The number of methoxy groups -OCH3 is 1. The smallest absolute Gasteiger partial charge is 0.307 e. The fraction of sp³-hybridized carbons (Fsp3) is 0.562. The molecule has 1 aliphatic heterocycles. The number of amides is 1. The van der Waals surface area contributed by atoms with Gasteiger partial charge in [-0.1, -0.05) is 0 Å². The van der Waals surface area contributed by atoms with Gasteiger partial charge in [-0.25, -0.2) is 0 Å². The number of aromatic nitrogens is 1. The number of hydrogen-bond donors (Lipinski definition) is 1. The molecule has 126 valence electrons. The number of carbonyl (C=O) groups excluding carboxylic acids is 2. The maximum atomic E-state index is 12.1. The minimum Gasteiger partial charge on any atom is -0.492 e. The highest BCUT2D eigenvalue weighted by Crippen LogP contribution is 2.23. The maximum Gasteiger partial charge on any atom is 0.307 e. The minimum absolute atomic E-state index is 0.116. The van der Waals surface area contributed by atoms with Crippen LogP contribution in [-0.4, -0.2) is 49.3 Å². The molecule has 0 radical (unpaired) electrons. The summed E-state index contributed by atoms with van der Waals surface area (Å²) in [7, 11) is 1.34. The van der Waals surface area contributed by atoms with Crippen molar-refractivity contribution in [2.24, 2.45) is 0 Å². The van der Waals surface area contributed by atoms with E-state index in [1.807, 2.05) is 6.07 Å². The molecule has 0 bridgehead atoms. The lowest BCUT2D eigenvalue weighted by atomic mass is 9.94. The highest BCUT2D eigenvalue weighted by molar-refractivity contribution is 5.78. The quantitative estimate of drug-likeness (QED) is 0.569. The van der Waals surface area contributed by atoms with Crippen molar-refractivity contribution in [1.29, 1.82) is 0 Å². The van der Waals surface area contributed by atoms with E-state index in [2.05, 4.69) is 10.3 Å². The average molecular weight is 322 g/mol. The third-order valence-electron chi connectivity index (χ3n) is 3.67. The van der Waals surface area contributed by atoms with Gasteiger partial charge in [0.2, 0.25) is 5.91 Å². The molecule has 0 spiro atoms. The first kappa shape index (κ1) is 17.2. The first-order valence-electron chi connectivity index (χ1n) is 7.62. The van der Waals surface area contributed by atoms with E-state index >= 15 is 0 Å². The van der Waals surface area contributed by atoms with Crippen LogP contribution in [0.15, 0.2) is 24.5 Å². The standard InChI is InChI=1S/C16H22N2O5/c1-21-15(20)10-16(6-9-22-12-16)18-14(19)5-3-8-23-13-4-2-7-17-11-13/h2,4,7,11H,3,5-6,8-10,12H2,1H3,(H,18,19). The van der Waals surface area contributed by atoms with E-state index < -0.39 is 5.54 Å². The van der Waals surface area contributed by atoms with Crippen LogP contribution in [-0.2, 0) is 19.1 Å². The summed E-state index contributed by atoms with van der Waals surface area (Å²) in [5.74, 6) is 0.212. The van der Waals surface area contributed by atoms with Crippen molar-refractivity contribution < 1.29 is 23.8 Å². The van der Waals surface area contributed by atoms with Crippen LogP contribution in [0, 0.1) is 0 Å². The first-order valence-corrected chi connectivity index (χ1v) is 7.62. The summed E-state index contributed by atoms with van der Waals surface area (Å²) in [5.41, 5.74) is -0.644. The molecule has 0 saturated carbocycles. The van der Waals surface area contributed by atoms with Crippen LogP contribution in [0.5, 0.6) is 5.75 Å². The maximum absolute atomic E-state index is 12.1. The van der Waals surface area contributed by atoms with E-state index in [4.69, 9.17) is 14.2 Å². The molecule has 7 heteroatoms. The fourth-order valence-electron chi connectivity index (χ4n) is 2.45. The molecule has 1 aliphatic rings. The summed E-state index contributed by atoms with van der Waals surface area (Å²) >= 11 is 0. The van der Waals surface area contributed by atoms with Crippen LogP contribution in [0.25, 0.3) is 0 Å². The van der Waals surface area contributed by atoms with Crippen LogP contribution in [0.3, 0.4) is 0 Å². The van der Waals surface area contributed by atoms with Crippen molar-refractivity contribution >= 4 is 11.9 Å². The molecular weight excluding hydrogens is 300 g/mol. The van der Waals surface area contributed by atoms with Crippen LogP contribution in [0.1, 0.15) is 25.7 Å². The molecule has 2 heterocycles. The summed E-state index contributed by atoms with van der Waals surface area (Å²) in [4.78, 5) is 27.6. The Morgan fingerprint density at radius 1 is 1.48 bits per heavy atom. The third-order valence-corrected chi connectivity index (χ3v) is 3.67. The lowest BCUT2D eigenvalue weighted by Crippen LogP contribution is -2.50. The highest BCUT2D eigenvalue weighted by atomic mass is 16.5. The van der Waals surface area contributed by atoms with Crippen LogP contribution in [0.4, 0.5) is 0 Å². The van der Waals surface area contributed by atoms with Gasteiger partial charge in [-0.2, -0.15) is 0 Å². The molecular formula is C16H22N2O5. The highest BCUT2D eigenvalue weighted by Gasteiger charge is 2.38. The normalized spacial score (nSPS) is 20.0. The van der Waals surface area contributed by atoms with Gasteiger partial charge in [0.15, 0.2) is 0 Å². The van der Waals surface area contributed by atoms with Crippen LogP contribution < -0.4 is 10.1 Å². The predicted octanol–water partition coefficient (Wildman–Crippen LogP) is 1.08. The lowest BCUT2D eigenvalue weighted by molar-refractivity contribution is -0.142. The molecule has 7 nitrogen and oxygen atoms in total. The van der Waals surface area contributed by atoms with Crippen LogP contribution in [0.2, 0.25) is 0 Å². The first-order chi connectivity index (χ1) is 11.1. The molecule has 23 heavy (non-hydrogen) atoms. The number of carbonyl (C=O) groups is 2. The summed E-state index contributed by atoms with van der Waals surface area (Å²) in [6.45, 7) is 1.29. The van der Waals surface area contributed by atoms with Crippen molar-refractivity contribution in [3.63, 3.8) is 0 Å². The second kappa shape index (κ2) is 8.47. The average Bonchev–Trinajstić information content (AvgIpc) is 3.00. The monoisotopic (exact) mass is 322 g/mol. The molecule has 1 aromatic heterocycles. The zero-order valence-electron chi connectivity index (χ0n) is 13.2. The number of rotatable bonds is 8. The Morgan fingerprint density at radius 2 is 2.35 bits per heavy atom. The Hall–Kier alpha value is -2.15. The van der Waals surface area contributed by atoms with Gasteiger partial charge in [-0.3, -0.25) is 14.6 Å². The van der Waals surface area contributed by atoms with Gasteiger partial charge in [0, 0.05) is 19.2 Å². The fourth-order valence-corrected chi connectivity index (χ4v) is 2.45. The number of esters is 1. The molecule has 2 rings (SSSR count). The van der Waals surface area contributed by atoms with Gasteiger partial charge in [-0.05, 0) is 25.0 Å². The van der Waals surface area contributed by atoms with Crippen molar-refractivity contribution in [1.82, 2.24) is 10.3 Å². The van der Waals surface area contributed by atoms with Gasteiger partial charge in [0.1, 0.15) is 5.75 Å². The van der Waals surface area contributed by atoms with E-state index in [-0.39, 0.29) is 18.3 Å². The minimum atomic E-state index is -0.644. The third kappa shape index (κ3) is 5.52. The number of nitrogens with one attached hydrogen (secondary N) is 1. The van der Waals surface area contributed by atoms with Gasteiger partial charge < -0.3 is 19.5 Å². The van der Waals surface area contributed by atoms with E-state index in [1.54, 1.807) is 18.5 Å². The number of ether oxygens (including phenoxy) is 3. The zero-order chi connectivity index (χ0) is 16.5. The summed E-state index contributed by atoms with van der Waals surface area (Å²) in [5, 5.41) is 2.92. The van der Waals surface area contributed by atoms with Gasteiger partial charge in [0.05, 0.1) is 38.5 Å². The van der Waals surface area contributed by atoms with E-state index in [9.17, 15) is 9.59 Å². The summed E-state index contributed by atoms with van der Waals surface area (Å²) in [6, 6.07) is 3.60. The van der Waals surface area contributed by atoms with Gasteiger partial charge >= 0.3 is 5.97 Å². The molecule has 0 aromatic carbocycles. The van der Waals surface area contributed by atoms with Gasteiger partial charge in [-0.15, -0.1) is 0 Å². The molecule has 0 aliphatic carbocycles. The summed E-state index contributed by atoms with van der Waals surface area (Å²) in [6.07, 6.45) is 4.94. The number of nitrogens with zero attached hydrogens (tertiary/aromatic N) is 1. The largest absolute Gasteiger partial charge is 0.492 e. The van der Waals surface area contributed by atoms with Crippen molar-refractivity contribution in [3.05, 3.63) is 24.5 Å². The molecule has 1 fully saturated rings. The molecule has 1 amide bonds. The topological polar surface area (TPSA) is 86.8 Å². The molecule has 1 saturated heterocycles. The lowest BCUT2D eigenvalue weighted by Gasteiger charge is -2.27. The Kier molecular flexibility index (Phi) is 6.34. The Balaban J connectivity index is 1.73. The Bertz CT molecular complexity index is 514. The Labute approximate surface area is 135 Å². The van der Waals surface area contributed by atoms with E-state index in [0.29, 0.717) is 44.8 Å². The van der Waals surface area contributed by atoms with E-state index in [0.717, 1.165) is 0 Å². The second-order valence-electron chi connectivity index (χ2n) is 5.52. The predicted molar refractivity (Wildman–Crippen MR) is 81.9 cm³/mol. The molecule has 1 atom stereocenters. The van der Waals surface area contributed by atoms with Crippen LogP contribution >= 0.6 is 0 Å².